The van der Waals surface area contributed by atoms with Crippen LogP contribution in [0, 0.1) is 0 Å². The zero-order chi connectivity index (χ0) is 23.2. The molecule has 0 aliphatic carbocycles. The molecule has 6 heteroatoms. The zero-order valence-corrected chi connectivity index (χ0v) is 20.0. The fourth-order valence-corrected chi connectivity index (χ4v) is 3.72. The number of ether oxygens (including phenoxy) is 1. The summed E-state index contributed by atoms with van der Waals surface area (Å²) in [4.78, 5) is 11.5. The number of carbonyl (C=O) groups is 1. The fraction of sp³-hybridized carbons (Fsp3) is 0.960. The van der Waals surface area contributed by atoms with Crippen molar-refractivity contribution < 1.29 is 30.0 Å². The van der Waals surface area contributed by atoms with E-state index < -0.39 is 24.8 Å². The van der Waals surface area contributed by atoms with Gasteiger partial charge < -0.3 is 25.2 Å². The van der Waals surface area contributed by atoms with Crippen LogP contribution in [0.5, 0.6) is 0 Å². The van der Waals surface area contributed by atoms with Gasteiger partial charge in [-0.15, -0.1) is 0 Å². The highest BCUT2D eigenvalue weighted by atomic mass is 16.5. The molecule has 186 valence electrons. The number of esters is 1. The van der Waals surface area contributed by atoms with Gasteiger partial charge in [0.2, 0.25) is 0 Å². The van der Waals surface area contributed by atoms with Gasteiger partial charge in [0.05, 0.1) is 25.2 Å². The van der Waals surface area contributed by atoms with Crippen molar-refractivity contribution in [2.75, 3.05) is 13.2 Å². The molecule has 3 atom stereocenters. The third kappa shape index (κ3) is 22.3. The van der Waals surface area contributed by atoms with Crippen molar-refractivity contribution in [3.8, 4) is 0 Å². The number of carbonyl (C=O) groups excluding carboxylic acids is 1. The molecule has 0 saturated carbocycles. The Morgan fingerprint density at radius 3 is 1.55 bits per heavy atom. The number of hydrogen-bond acceptors (Lipinski definition) is 6. The van der Waals surface area contributed by atoms with Crippen LogP contribution in [0.1, 0.15) is 122 Å². The van der Waals surface area contributed by atoms with E-state index in [1.807, 2.05) is 0 Å². The first-order valence-corrected chi connectivity index (χ1v) is 12.8. The first-order valence-electron chi connectivity index (χ1n) is 12.8. The maximum absolute atomic E-state index is 11.5. The van der Waals surface area contributed by atoms with Gasteiger partial charge in [-0.2, -0.15) is 0 Å². The first kappa shape index (κ1) is 30.3. The molecule has 0 radical (unpaired) electrons. The van der Waals surface area contributed by atoms with Crippen LogP contribution >= 0.6 is 0 Å². The van der Waals surface area contributed by atoms with E-state index in [9.17, 15) is 15.0 Å². The van der Waals surface area contributed by atoms with Crippen LogP contribution in [-0.2, 0) is 9.53 Å². The monoisotopic (exact) mass is 446 g/mol. The summed E-state index contributed by atoms with van der Waals surface area (Å²) in [6, 6.07) is 0. The quantitative estimate of drug-likeness (QED) is 0.134. The first-order chi connectivity index (χ1) is 15.0. The van der Waals surface area contributed by atoms with Crippen molar-refractivity contribution in [2.24, 2.45) is 0 Å². The van der Waals surface area contributed by atoms with Crippen LogP contribution in [0.25, 0.3) is 0 Å². The fourth-order valence-electron chi connectivity index (χ4n) is 3.72. The molecule has 0 heterocycles. The molecule has 0 spiro atoms. The smallest absolute Gasteiger partial charge is 0.308 e. The second kappa shape index (κ2) is 22.5. The summed E-state index contributed by atoms with van der Waals surface area (Å²) in [6.07, 6.45) is 17.2. The Morgan fingerprint density at radius 1 is 0.645 bits per heavy atom. The Bertz CT molecular complexity index is 390. The molecule has 3 unspecified atom stereocenters. The van der Waals surface area contributed by atoms with E-state index in [1.54, 1.807) is 0 Å². The standard InChI is InChI=1S/C25H50O6/c1-2-3-4-5-6-7-8-9-10-11-12-13-16-22(27)17-14-15-18-23(28)19-25(30)31-21-24(29)20-26/h22-24,26-29H,2-21H2,1H3. The van der Waals surface area contributed by atoms with E-state index in [-0.39, 0.29) is 19.1 Å². The van der Waals surface area contributed by atoms with Crippen LogP contribution < -0.4 is 0 Å². The molecule has 0 fully saturated rings. The molecule has 0 aliphatic rings. The molecule has 0 aromatic rings. The SMILES string of the molecule is CCCCCCCCCCCCCCC(O)CCCCC(O)CC(=O)OCC(O)CO. The highest BCUT2D eigenvalue weighted by Gasteiger charge is 2.14. The number of aliphatic hydroxyl groups excluding tert-OH is 4. The molecule has 0 aromatic carbocycles. The zero-order valence-electron chi connectivity index (χ0n) is 20.0. The van der Waals surface area contributed by atoms with Crippen molar-refractivity contribution in [2.45, 2.75) is 141 Å². The van der Waals surface area contributed by atoms with Crippen LogP contribution in [0.15, 0.2) is 0 Å². The molecule has 4 N–H and O–H groups in total. The second-order valence-corrected chi connectivity index (χ2v) is 8.99. The summed E-state index contributed by atoms with van der Waals surface area (Å²) in [5, 5.41) is 37.7. The lowest BCUT2D eigenvalue weighted by Crippen LogP contribution is -2.24. The van der Waals surface area contributed by atoms with Gasteiger partial charge in [-0.05, 0) is 19.3 Å². The Morgan fingerprint density at radius 2 is 1.06 bits per heavy atom. The van der Waals surface area contributed by atoms with Crippen molar-refractivity contribution in [1.29, 1.82) is 0 Å². The van der Waals surface area contributed by atoms with Crippen LogP contribution in [-0.4, -0.2) is 57.9 Å². The lowest BCUT2D eigenvalue weighted by atomic mass is 10.0. The summed E-state index contributed by atoms with van der Waals surface area (Å²) < 4.78 is 4.77. The third-order valence-electron chi connectivity index (χ3n) is 5.77. The van der Waals surface area contributed by atoms with E-state index in [0.29, 0.717) is 6.42 Å². The molecular weight excluding hydrogens is 396 g/mol. The molecule has 0 bridgehead atoms. The maximum Gasteiger partial charge on any atom is 0.308 e. The van der Waals surface area contributed by atoms with Crippen molar-refractivity contribution in [3.63, 3.8) is 0 Å². The predicted octanol–water partition coefficient (Wildman–Crippen LogP) is 4.65. The summed E-state index contributed by atoms with van der Waals surface area (Å²) in [5.41, 5.74) is 0. The maximum atomic E-state index is 11.5. The molecule has 0 saturated heterocycles. The van der Waals surface area contributed by atoms with Gasteiger partial charge in [-0.1, -0.05) is 96.8 Å². The Balaban J connectivity index is 3.40. The lowest BCUT2D eigenvalue weighted by molar-refractivity contribution is -0.149. The van der Waals surface area contributed by atoms with E-state index in [0.717, 1.165) is 32.1 Å². The molecular formula is C25H50O6. The molecule has 0 aromatic heterocycles. The van der Waals surface area contributed by atoms with Gasteiger partial charge in [0.15, 0.2) is 0 Å². The Hall–Kier alpha value is -0.690. The summed E-state index contributed by atoms with van der Waals surface area (Å²) in [6.45, 7) is 1.54. The average Bonchev–Trinajstić information content (AvgIpc) is 2.75. The topological polar surface area (TPSA) is 107 Å². The number of rotatable bonds is 23. The van der Waals surface area contributed by atoms with E-state index in [4.69, 9.17) is 14.9 Å². The number of aliphatic hydroxyl groups is 4. The van der Waals surface area contributed by atoms with Crippen LogP contribution in [0.4, 0.5) is 0 Å². The minimum absolute atomic E-state index is 0.112. The van der Waals surface area contributed by atoms with Gasteiger partial charge in [0, 0.05) is 0 Å². The van der Waals surface area contributed by atoms with E-state index >= 15 is 0 Å². The summed E-state index contributed by atoms with van der Waals surface area (Å²) in [5.74, 6) is -0.577. The number of hydrogen-bond donors (Lipinski definition) is 4. The normalized spacial score (nSPS) is 14.4. The predicted molar refractivity (Wildman–Crippen MR) is 125 cm³/mol. The van der Waals surface area contributed by atoms with Gasteiger partial charge in [-0.25, -0.2) is 0 Å². The molecule has 0 aliphatic heterocycles. The molecule has 31 heavy (non-hydrogen) atoms. The van der Waals surface area contributed by atoms with Crippen LogP contribution in [0.2, 0.25) is 0 Å². The minimum Gasteiger partial charge on any atom is -0.463 e. The average molecular weight is 447 g/mol. The highest BCUT2D eigenvalue weighted by molar-refractivity contribution is 5.69. The minimum atomic E-state index is -1.08. The summed E-state index contributed by atoms with van der Waals surface area (Å²) in [7, 11) is 0. The highest BCUT2D eigenvalue weighted by Crippen LogP contribution is 2.15. The van der Waals surface area contributed by atoms with Crippen molar-refractivity contribution >= 4 is 5.97 Å². The van der Waals surface area contributed by atoms with Gasteiger partial charge in [0.1, 0.15) is 12.7 Å². The third-order valence-corrected chi connectivity index (χ3v) is 5.77. The van der Waals surface area contributed by atoms with Crippen molar-refractivity contribution in [1.82, 2.24) is 0 Å². The van der Waals surface area contributed by atoms with Crippen LogP contribution in [0.3, 0.4) is 0 Å². The van der Waals surface area contributed by atoms with Crippen molar-refractivity contribution in [3.05, 3.63) is 0 Å². The largest absolute Gasteiger partial charge is 0.463 e. The van der Waals surface area contributed by atoms with E-state index in [1.165, 1.54) is 70.6 Å². The summed E-state index contributed by atoms with van der Waals surface area (Å²) >= 11 is 0. The molecule has 6 nitrogen and oxygen atoms in total. The number of unbranched alkanes of at least 4 members (excludes halogenated alkanes) is 12. The Kier molecular flexibility index (Phi) is 22.0. The van der Waals surface area contributed by atoms with Gasteiger partial charge in [-0.3, -0.25) is 4.79 Å². The lowest BCUT2D eigenvalue weighted by Gasteiger charge is -2.13. The molecule has 0 rings (SSSR count). The second-order valence-electron chi connectivity index (χ2n) is 8.99. The van der Waals surface area contributed by atoms with Gasteiger partial charge in [0.25, 0.3) is 0 Å². The molecule has 0 amide bonds. The van der Waals surface area contributed by atoms with E-state index in [2.05, 4.69) is 6.92 Å². The van der Waals surface area contributed by atoms with Gasteiger partial charge >= 0.3 is 5.97 Å². The Labute approximate surface area is 190 Å².